The summed E-state index contributed by atoms with van der Waals surface area (Å²) in [6.07, 6.45) is 1.86. The van der Waals surface area contributed by atoms with Crippen LogP contribution in [0.15, 0.2) is 59.2 Å². The van der Waals surface area contributed by atoms with Gasteiger partial charge in [0.1, 0.15) is 11.4 Å². The van der Waals surface area contributed by atoms with Gasteiger partial charge in [-0.1, -0.05) is 37.9 Å². The van der Waals surface area contributed by atoms with E-state index >= 15 is 0 Å². The zero-order chi connectivity index (χ0) is 19.0. The summed E-state index contributed by atoms with van der Waals surface area (Å²) < 4.78 is 20.9. The van der Waals surface area contributed by atoms with Crippen LogP contribution in [-0.4, -0.2) is 9.97 Å². The molecule has 0 radical (unpaired) electrons. The number of halogens is 3. The molecule has 0 saturated heterocycles. The van der Waals surface area contributed by atoms with Crippen LogP contribution < -0.4 is 4.74 Å². The second-order valence-electron chi connectivity index (χ2n) is 6.19. The molecule has 0 spiro atoms. The molecule has 2 aromatic heterocycles. The molecule has 0 fully saturated rings. The number of hydrogen-bond donors (Lipinski definition) is 1. The van der Waals surface area contributed by atoms with Crippen molar-refractivity contribution in [3.05, 3.63) is 76.3 Å². The van der Waals surface area contributed by atoms with Gasteiger partial charge in [-0.2, -0.15) is 0 Å². The Labute approximate surface area is 172 Å². The molecule has 6 heteroatoms. The van der Waals surface area contributed by atoms with E-state index in [4.69, 9.17) is 4.74 Å². The van der Waals surface area contributed by atoms with Crippen LogP contribution in [0.3, 0.4) is 0 Å². The Bertz CT molecular complexity index is 1140. The van der Waals surface area contributed by atoms with Gasteiger partial charge in [0.05, 0.1) is 0 Å². The molecule has 2 heterocycles. The van der Waals surface area contributed by atoms with E-state index in [0.717, 1.165) is 33.4 Å². The first kappa shape index (κ1) is 18.2. The predicted octanol–water partition coefficient (Wildman–Crippen LogP) is 7.13. The number of ether oxygens (including phenoxy) is 1. The third-order valence-electron chi connectivity index (χ3n) is 4.26. The molecule has 27 heavy (non-hydrogen) atoms. The fraction of sp³-hybridized carbons (Fsp3) is 0.0952. The predicted molar refractivity (Wildman–Crippen MR) is 113 cm³/mol. The van der Waals surface area contributed by atoms with Crippen molar-refractivity contribution in [2.45, 2.75) is 12.3 Å². The van der Waals surface area contributed by atoms with Gasteiger partial charge in [0.2, 0.25) is 0 Å². The molecule has 0 amide bonds. The molecule has 3 nitrogen and oxygen atoms in total. The number of H-pyrrole nitrogens is 1. The van der Waals surface area contributed by atoms with Gasteiger partial charge in [-0.25, -0.2) is 9.37 Å². The van der Waals surface area contributed by atoms with Gasteiger partial charge in [0.25, 0.3) is 0 Å². The van der Waals surface area contributed by atoms with Crippen LogP contribution in [-0.2, 0) is 5.33 Å². The monoisotopic (exact) mass is 488 g/mol. The van der Waals surface area contributed by atoms with E-state index in [0.29, 0.717) is 15.6 Å². The Morgan fingerprint density at radius 1 is 1.04 bits per heavy atom. The lowest BCUT2D eigenvalue weighted by molar-refractivity contribution is 0.443. The topological polar surface area (TPSA) is 37.9 Å². The zero-order valence-corrected chi connectivity index (χ0v) is 17.6. The van der Waals surface area contributed by atoms with Crippen molar-refractivity contribution in [2.75, 3.05) is 0 Å². The van der Waals surface area contributed by atoms with Crippen molar-refractivity contribution in [1.82, 2.24) is 9.97 Å². The highest BCUT2D eigenvalue weighted by atomic mass is 79.9. The highest BCUT2D eigenvalue weighted by Crippen LogP contribution is 2.39. The summed E-state index contributed by atoms with van der Waals surface area (Å²) >= 11 is 6.78. The van der Waals surface area contributed by atoms with Crippen LogP contribution in [0, 0.1) is 12.7 Å². The van der Waals surface area contributed by atoms with Gasteiger partial charge >= 0.3 is 0 Å². The molecule has 136 valence electrons. The number of benzene rings is 2. The molecule has 2 aromatic carbocycles. The first-order chi connectivity index (χ1) is 13.0. The number of aromatic nitrogens is 2. The van der Waals surface area contributed by atoms with Crippen LogP contribution in [0.4, 0.5) is 4.39 Å². The van der Waals surface area contributed by atoms with Gasteiger partial charge in [0.15, 0.2) is 11.6 Å². The molecule has 1 N–H and O–H groups in total. The Kier molecular flexibility index (Phi) is 5.02. The third kappa shape index (κ3) is 3.64. The Hall–Kier alpha value is -2.18. The molecule has 0 atom stereocenters. The standard InChI is InChI=1S/C21H15Br2FN2O/c1-12-8-16(15-6-7-25-21(15)26-12)17-9-13(11-22)2-4-19(17)27-20-5-3-14(23)10-18(20)24/h2-10H,11H2,1H3,(H,25,26). The summed E-state index contributed by atoms with van der Waals surface area (Å²) in [5.41, 5.74) is 4.70. The molecular weight excluding hydrogens is 475 g/mol. The van der Waals surface area contributed by atoms with E-state index in [1.54, 1.807) is 12.1 Å². The maximum absolute atomic E-state index is 14.3. The quantitative estimate of drug-likeness (QED) is 0.309. The van der Waals surface area contributed by atoms with E-state index < -0.39 is 5.82 Å². The van der Waals surface area contributed by atoms with Crippen molar-refractivity contribution >= 4 is 42.9 Å². The minimum Gasteiger partial charge on any atom is -0.454 e. The van der Waals surface area contributed by atoms with Crippen molar-refractivity contribution in [1.29, 1.82) is 0 Å². The average molecular weight is 490 g/mol. The van der Waals surface area contributed by atoms with Crippen molar-refractivity contribution in [3.8, 4) is 22.6 Å². The van der Waals surface area contributed by atoms with Crippen LogP contribution in [0.25, 0.3) is 22.2 Å². The van der Waals surface area contributed by atoms with E-state index in [9.17, 15) is 4.39 Å². The lowest BCUT2D eigenvalue weighted by atomic mass is 9.99. The van der Waals surface area contributed by atoms with E-state index in [1.807, 2.05) is 37.4 Å². The molecule has 4 rings (SSSR count). The number of fused-ring (bicyclic) bond motifs is 1. The van der Waals surface area contributed by atoms with E-state index in [1.165, 1.54) is 6.07 Å². The smallest absolute Gasteiger partial charge is 0.166 e. The SMILES string of the molecule is Cc1cc(-c2cc(CBr)ccc2Oc2ccc(Br)cc2F)c2cc[nH]c2n1. The third-order valence-corrected chi connectivity index (χ3v) is 5.40. The largest absolute Gasteiger partial charge is 0.454 e. The molecule has 0 aliphatic rings. The molecule has 0 saturated carbocycles. The van der Waals surface area contributed by atoms with Crippen LogP contribution in [0.5, 0.6) is 11.5 Å². The number of nitrogens with one attached hydrogen (secondary N) is 1. The Balaban J connectivity index is 1.89. The van der Waals surface area contributed by atoms with Gasteiger partial charge in [-0.15, -0.1) is 0 Å². The fourth-order valence-electron chi connectivity index (χ4n) is 3.02. The summed E-state index contributed by atoms with van der Waals surface area (Å²) in [4.78, 5) is 7.69. The van der Waals surface area contributed by atoms with Gasteiger partial charge in [-0.3, -0.25) is 0 Å². The number of aromatic amines is 1. The maximum Gasteiger partial charge on any atom is 0.166 e. The van der Waals surface area contributed by atoms with Crippen molar-refractivity contribution in [2.24, 2.45) is 0 Å². The van der Waals surface area contributed by atoms with Gasteiger partial charge < -0.3 is 9.72 Å². The summed E-state index contributed by atoms with van der Waals surface area (Å²) in [6.45, 7) is 1.95. The second-order valence-corrected chi connectivity index (χ2v) is 7.67. The number of hydrogen-bond acceptors (Lipinski definition) is 2. The molecule has 4 aromatic rings. The summed E-state index contributed by atoms with van der Waals surface area (Å²) in [6, 6.07) is 14.7. The highest BCUT2D eigenvalue weighted by Gasteiger charge is 2.15. The van der Waals surface area contributed by atoms with Gasteiger partial charge in [0, 0.05) is 32.6 Å². The van der Waals surface area contributed by atoms with Crippen molar-refractivity contribution in [3.63, 3.8) is 0 Å². The molecule has 0 aliphatic carbocycles. The molecule has 0 aliphatic heterocycles. The first-order valence-electron chi connectivity index (χ1n) is 8.32. The minimum absolute atomic E-state index is 0.183. The first-order valence-corrected chi connectivity index (χ1v) is 10.2. The molecule has 0 bridgehead atoms. The summed E-state index contributed by atoms with van der Waals surface area (Å²) in [5, 5.41) is 1.71. The lowest BCUT2D eigenvalue weighted by Crippen LogP contribution is -1.94. The zero-order valence-electron chi connectivity index (χ0n) is 14.4. The lowest BCUT2D eigenvalue weighted by Gasteiger charge is -2.15. The highest BCUT2D eigenvalue weighted by molar-refractivity contribution is 9.10. The van der Waals surface area contributed by atoms with Crippen LogP contribution >= 0.6 is 31.9 Å². The number of pyridine rings is 1. The van der Waals surface area contributed by atoms with E-state index in [-0.39, 0.29) is 5.75 Å². The van der Waals surface area contributed by atoms with Gasteiger partial charge in [-0.05, 0) is 60.5 Å². The number of alkyl halides is 1. The minimum atomic E-state index is -0.419. The Morgan fingerprint density at radius 2 is 1.85 bits per heavy atom. The fourth-order valence-corrected chi connectivity index (χ4v) is 3.71. The molecular formula is C21H15Br2FN2O. The second kappa shape index (κ2) is 7.44. The summed E-state index contributed by atoms with van der Waals surface area (Å²) in [5.74, 6) is 0.355. The number of aryl methyl sites for hydroxylation is 1. The van der Waals surface area contributed by atoms with Crippen LogP contribution in [0.1, 0.15) is 11.3 Å². The van der Waals surface area contributed by atoms with Crippen LogP contribution in [0.2, 0.25) is 0 Å². The maximum atomic E-state index is 14.3. The summed E-state index contributed by atoms with van der Waals surface area (Å²) in [7, 11) is 0. The molecule has 0 unspecified atom stereocenters. The normalized spacial score (nSPS) is 11.1. The van der Waals surface area contributed by atoms with E-state index in [2.05, 4.69) is 47.9 Å². The van der Waals surface area contributed by atoms with Crippen molar-refractivity contribution < 1.29 is 9.13 Å². The number of rotatable bonds is 4. The number of nitrogens with zero attached hydrogens (tertiary/aromatic N) is 1. The average Bonchev–Trinajstić information content (AvgIpc) is 3.12. The Morgan fingerprint density at radius 3 is 2.63 bits per heavy atom.